The van der Waals surface area contributed by atoms with E-state index in [-0.39, 0.29) is 25.7 Å². The first-order valence-electron chi connectivity index (χ1n) is 7.83. The van der Waals surface area contributed by atoms with E-state index >= 15 is 0 Å². The molecular formula is C15H19N7O5. The molecule has 12 nitrogen and oxygen atoms in total. The molecule has 1 amide bonds. The van der Waals surface area contributed by atoms with Crippen molar-refractivity contribution in [3.8, 4) is 11.5 Å². The molecule has 0 aliphatic rings. The maximum Gasteiger partial charge on any atom is 0.344 e. The Bertz CT molecular complexity index is 821. The molecule has 3 N–H and O–H groups in total. The number of methoxy groups -OCH3 is 1. The number of nitrogen functional groups attached to an aromatic ring is 1. The van der Waals surface area contributed by atoms with Crippen LogP contribution in [0.2, 0.25) is 0 Å². The van der Waals surface area contributed by atoms with Gasteiger partial charge in [-0.1, -0.05) is 5.10 Å². The molecule has 0 aliphatic carbocycles. The molecule has 0 unspecified atom stereocenters. The van der Waals surface area contributed by atoms with E-state index in [1.807, 2.05) is 0 Å². The van der Waals surface area contributed by atoms with Crippen LogP contribution in [0.5, 0.6) is 11.5 Å². The SMILES string of the molecule is CCOC(=O)COc1ccc(/C=N/NC(=O)Cn2nnnc2N)cc1OC. The second-order valence-electron chi connectivity index (χ2n) is 4.99. The summed E-state index contributed by atoms with van der Waals surface area (Å²) in [7, 11) is 1.46. The van der Waals surface area contributed by atoms with Crippen molar-refractivity contribution < 1.29 is 23.8 Å². The number of aromatic nitrogens is 4. The van der Waals surface area contributed by atoms with Crippen LogP contribution in [0.1, 0.15) is 12.5 Å². The highest BCUT2D eigenvalue weighted by Crippen LogP contribution is 2.27. The molecule has 1 heterocycles. The first-order chi connectivity index (χ1) is 13.0. The molecule has 12 heteroatoms. The van der Waals surface area contributed by atoms with E-state index in [2.05, 4.69) is 26.1 Å². The number of ether oxygens (including phenoxy) is 3. The zero-order valence-corrected chi connectivity index (χ0v) is 14.8. The Labute approximate surface area is 154 Å². The summed E-state index contributed by atoms with van der Waals surface area (Å²) in [5.74, 6) is -0.128. The molecule has 0 saturated heterocycles. The fourth-order valence-corrected chi connectivity index (χ4v) is 1.90. The Morgan fingerprint density at radius 3 is 2.85 bits per heavy atom. The topological polar surface area (TPSA) is 156 Å². The van der Waals surface area contributed by atoms with Crippen LogP contribution in [0, 0.1) is 0 Å². The van der Waals surface area contributed by atoms with E-state index in [1.165, 1.54) is 13.3 Å². The molecule has 27 heavy (non-hydrogen) atoms. The number of hydrogen-bond donors (Lipinski definition) is 2. The van der Waals surface area contributed by atoms with Gasteiger partial charge in [0.15, 0.2) is 18.1 Å². The van der Waals surface area contributed by atoms with Gasteiger partial charge in [-0.05, 0) is 41.1 Å². The van der Waals surface area contributed by atoms with Crippen molar-refractivity contribution in [2.45, 2.75) is 13.5 Å². The lowest BCUT2D eigenvalue weighted by molar-refractivity contribution is -0.145. The average Bonchev–Trinajstić information content (AvgIpc) is 3.05. The van der Waals surface area contributed by atoms with Crippen LogP contribution < -0.4 is 20.6 Å². The summed E-state index contributed by atoms with van der Waals surface area (Å²) in [4.78, 5) is 23.1. The number of benzene rings is 1. The second-order valence-corrected chi connectivity index (χ2v) is 4.99. The number of hydrazone groups is 1. The number of tetrazole rings is 1. The van der Waals surface area contributed by atoms with Gasteiger partial charge in [-0.2, -0.15) is 5.10 Å². The molecule has 144 valence electrons. The van der Waals surface area contributed by atoms with Gasteiger partial charge in [0, 0.05) is 0 Å². The smallest absolute Gasteiger partial charge is 0.344 e. The third kappa shape index (κ3) is 5.95. The summed E-state index contributed by atoms with van der Waals surface area (Å²) < 4.78 is 16.5. The molecule has 0 aliphatic heterocycles. The third-order valence-corrected chi connectivity index (χ3v) is 3.09. The van der Waals surface area contributed by atoms with Gasteiger partial charge in [-0.25, -0.2) is 14.9 Å². The van der Waals surface area contributed by atoms with Crippen molar-refractivity contribution in [1.82, 2.24) is 25.6 Å². The van der Waals surface area contributed by atoms with Crippen LogP contribution in [0.25, 0.3) is 0 Å². The number of nitrogens with two attached hydrogens (primary N) is 1. The minimum Gasteiger partial charge on any atom is -0.493 e. The van der Waals surface area contributed by atoms with E-state index in [0.29, 0.717) is 17.1 Å². The molecular weight excluding hydrogens is 358 g/mol. The Morgan fingerprint density at radius 2 is 2.19 bits per heavy atom. The standard InChI is InChI=1S/C15H19N7O5/c1-3-26-14(24)9-27-11-5-4-10(6-12(11)25-2)7-17-18-13(23)8-22-15(16)19-20-21-22/h4-7H,3,8-9H2,1-2H3,(H,18,23)(H2,16,19,21)/b17-7+. The zero-order valence-electron chi connectivity index (χ0n) is 14.8. The molecule has 1 aromatic heterocycles. The number of anilines is 1. The number of amides is 1. The van der Waals surface area contributed by atoms with Crippen molar-refractivity contribution in [2.75, 3.05) is 26.1 Å². The Balaban J connectivity index is 1.92. The summed E-state index contributed by atoms with van der Waals surface area (Å²) in [6.45, 7) is 1.59. The van der Waals surface area contributed by atoms with Gasteiger partial charge in [0.2, 0.25) is 5.95 Å². The maximum absolute atomic E-state index is 11.7. The zero-order chi connectivity index (χ0) is 19.6. The van der Waals surface area contributed by atoms with Crippen LogP contribution in [0.15, 0.2) is 23.3 Å². The van der Waals surface area contributed by atoms with Crippen molar-refractivity contribution in [3.63, 3.8) is 0 Å². The minimum absolute atomic E-state index is 0.0253. The van der Waals surface area contributed by atoms with Crippen LogP contribution >= 0.6 is 0 Å². The predicted octanol–water partition coefficient (Wildman–Crippen LogP) is -0.644. The highest BCUT2D eigenvalue weighted by Gasteiger charge is 2.09. The fraction of sp³-hybridized carbons (Fsp3) is 0.333. The van der Waals surface area contributed by atoms with Crippen molar-refractivity contribution >= 4 is 24.0 Å². The van der Waals surface area contributed by atoms with Crippen LogP contribution in [0.3, 0.4) is 0 Å². The van der Waals surface area contributed by atoms with Crippen LogP contribution in [0.4, 0.5) is 5.95 Å². The molecule has 0 saturated carbocycles. The molecule has 0 spiro atoms. The number of nitrogens with zero attached hydrogens (tertiary/aromatic N) is 5. The molecule has 0 radical (unpaired) electrons. The van der Waals surface area contributed by atoms with Crippen molar-refractivity contribution in [1.29, 1.82) is 0 Å². The van der Waals surface area contributed by atoms with Gasteiger partial charge in [-0.15, -0.1) is 0 Å². The predicted molar refractivity (Wildman–Crippen MR) is 93.1 cm³/mol. The molecule has 0 atom stereocenters. The molecule has 2 rings (SSSR count). The fourth-order valence-electron chi connectivity index (χ4n) is 1.90. The lowest BCUT2D eigenvalue weighted by atomic mass is 10.2. The Morgan fingerprint density at radius 1 is 1.37 bits per heavy atom. The number of esters is 1. The van der Waals surface area contributed by atoms with E-state index in [1.54, 1.807) is 25.1 Å². The molecule has 0 bridgehead atoms. The minimum atomic E-state index is -0.476. The monoisotopic (exact) mass is 377 g/mol. The maximum atomic E-state index is 11.7. The Hall–Kier alpha value is -3.70. The summed E-state index contributed by atoms with van der Waals surface area (Å²) in [6.07, 6.45) is 1.42. The number of rotatable bonds is 9. The lowest BCUT2D eigenvalue weighted by Gasteiger charge is -2.10. The first-order valence-corrected chi connectivity index (χ1v) is 7.83. The van der Waals surface area contributed by atoms with E-state index in [0.717, 1.165) is 4.68 Å². The number of carbonyl (C=O) groups excluding carboxylic acids is 2. The van der Waals surface area contributed by atoms with Crippen LogP contribution in [-0.4, -0.2) is 58.6 Å². The second kappa shape index (κ2) is 9.70. The van der Waals surface area contributed by atoms with Gasteiger partial charge in [0.1, 0.15) is 6.54 Å². The number of carbonyl (C=O) groups is 2. The van der Waals surface area contributed by atoms with Gasteiger partial charge >= 0.3 is 5.97 Å². The highest BCUT2D eigenvalue weighted by atomic mass is 16.6. The quantitative estimate of drug-likeness (QED) is 0.329. The van der Waals surface area contributed by atoms with E-state index < -0.39 is 11.9 Å². The highest BCUT2D eigenvalue weighted by molar-refractivity contribution is 5.83. The number of hydrogen-bond acceptors (Lipinski definition) is 10. The lowest BCUT2D eigenvalue weighted by Crippen LogP contribution is -2.24. The summed E-state index contributed by atoms with van der Waals surface area (Å²) >= 11 is 0. The van der Waals surface area contributed by atoms with Gasteiger partial charge in [0.05, 0.1) is 19.9 Å². The molecule has 1 aromatic carbocycles. The van der Waals surface area contributed by atoms with Crippen LogP contribution in [-0.2, 0) is 20.9 Å². The summed E-state index contributed by atoms with van der Waals surface area (Å²) in [6, 6.07) is 4.93. The third-order valence-electron chi connectivity index (χ3n) is 3.09. The summed E-state index contributed by atoms with van der Waals surface area (Å²) in [5, 5.41) is 14.2. The van der Waals surface area contributed by atoms with Crippen molar-refractivity contribution in [3.05, 3.63) is 23.8 Å². The van der Waals surface area contributed by atoms with Crippen molar-refractivity contribution in [2.24, 2.45) is 5.10 Å². The average molecular weight is 377 g/mol. The number of nitrogens with one attached hydrogen (secondary N) is 1. The normalized spacial score (nSPS) is 10.6. The van der Waals surface area contributed by atoms with Gasteiger partial charge < -0.3 is 19.9 Å². The van der Waals surface area contributed by atoms with Gasteiger partial charge in [-0.3, -0.25) is 4.79 Å². The largest absolute Gasteiger partial charge is 0.493 e. The Kier molecular flexibility index (Phi) is 7.05. The van der Waals surface area contributed by atoms with E-state index in [4.69, 9.17) is 19.9 Å². The summed E-state index contributed by atoms with van der Waals surface area (Å²) in [5.41, 5.74) is 8.43. The molecule has 0 fully saturated rings. The van der Waals surface area contributed by atoms with Gasteiger partial charge in [0.25, 0.3) is 5.91 Å². The first kappa shape index (κ1) is 19.6. The van der Waals surface area contributed by atoms with E-state index in [9.17, 15) is 9.59 Å². The molecule has 2 aromatic rings.